The maximum atomic E-state index is 5.35. The van der Waals surface area contributed by atoms with Gasteiger partial charge in [-0.25, -0.2) is 0 Å². The molecule has 0 amide bonds. The molecule has 86 valence electrons. The molecule has 0 atom stereocenters. The predicted molar refractivity (Wildman–Crippen MR) is 60.9 cm³/mol. The van der Waals surface area contributed by atoms with Crippen molar-refractivity contribution in [3.05, 3.63) is 11.7 Å². The summed E-state index contributed by atoms with van der Waals surface area (Å²) in [4.78, 5) is 4.49. The van der Waals surface area contributed by atoms with E-state index in [2.05, 4.69) is 51.7 Å². The van der Waals surface area contributed by atoms with Gasteiger partial charge in [0.15, 0.2) is 5.82 Å². The van der Waals surface area contributed by atoms with E-state index in [1.54, 1.807) is 0 Å². The summed E-state index contributed by atoms with van der Waals surface area (Å²) in [5.41, 5.74) is -0.0463. The van der Waals surface area contributed by atoms with E-state index in [9.17, 15) is 0 Å². The van der Waals surface area contributed by atoms with Gasteiger partial charge in [-0.15, -0.1) is 0 Å². The quantitative estimate of drug-likeness (QED) is 0.767. The van der Waals surface area contributed by atoms with Crippen molar-refractivity contribution in [2.24, 2.45) is 0 Å². The standard InChI is InChI=1S/C12H22N2O/c1-7-8-12(5,6)10-13-9(14-15-10)11(2,3)4/h7-8H2,1-6H3. The minimum atomic E-state index is -0.0377. The van der Waals surface area contributed by atoms with Gasteiger partial charge in [-0.3, -0.25) is 0 Å². The summed E-state index contributed by atoms with van der Waals surface area (Å²) >= 11 is 0. The van der Waals surface area contributed by atoms with Gasteiger partial charge in [0.2, 0.25) is 5.89 Å². The van der Waals surface area contributed by atoms with Gasteiger partial charge in [0.1, 0.15) is 0 Å². The van der Waals surface area contributed by atoms with E-state index in [0.717, 1.165) is 24.6 Å². The fourth-order valence-corrected chi connectivity index (χ4v) is 1.53. The lowest BCUT2D eigenvalue weighted by Crippen LogP contribution is -2.18. The van der Waals surface area contributed by atoms with E-state index in [0.29, 0.717) is 0 Å². The second-order valence-electron chi connectivity index (χ2n) is 5.81. The number of hydrogen-bond donors (Lipinski definition) is 0. The number of rotatable bonds is 3. The van der Waals surface area contributed by atoms with E-state index in [4.69, 9.17) is 4.52 Å². The molecule has 0 aliphatic carbocycles. The first kappa shape index (κ1) is 12.2. The van der Waals surface area contributed by atoms with Crippen LogP contribution in [0.25, 0.3) is 0 Å². The Morgan fingerprint density at radius 2 is 1.73 bits per heavy atom. The van der Waals surface area contributed by atoms with Crippen molar-refractivity contribution in [2.75, 3.05) is 0 Å². The Morgan fingerprint density at radius 1 is 1.13 bits per heavy atom. The van der Waals surface area contributed by atoms with Crippen molar-refractivity contribution >= 4 is 0 Å². The third-order valence-electron chi connectivity index (χ3n) is 2.55. The molecule has 1 heterocycles. The highest BCUT2D eigenvalue weighted by molar-refractivity contribution is 5.05. The second-order valence-corrected chi connectivity index (χ2v) is 5.81. The van der Waals surface area contributed by atoms with Crippen molar-refractivity contribution in [3.63, 3.8) is 0 Å². The van der Waals surface area contributed by atoms with Crippen LogP contribution < -0.4 is 0 Å². The van der Waals surface area contributed by atoms with Crippen LogP contribution in [0.15, 0.2) is 4.52 Å². The predicted octanol–water partition coefficient (Wildman–Crippen LogP) is 3.44. The van der Waals surface area contributed by atoms with E-state index in [1.807, 2.05) is 0 Å². The molecule has 0 radical (unpaired) electrons. The topological polar surface area (TPSA) is 38.9 Å². The van der Waals surface area contributed by atoms with E-state index in [-0.39, 0.29) is 10.8 Å². The molecule has 1 rings (SSSR count). The zero-order valence-corrected chi connectivity index (χ0v) is 10.7. The molecule has 0 aromatic carbocycles. The van der Waals surface area contributed by atoms with Gasteiger partial charge in [-0.1, -0.05) is 53.1 Å². The van der Waals surface area contributed by atoms with Gasteiger partial charge >= 0.3 is 0 Å². The molecule has 0 aliphatic rings. The Morgan fingerprint density at radius 3 is 2.13 bits per heavy atom. The maximum Gasteiger partial charge on any atom is 0.232 e. The number of aromatic nitrogens is 2. The molecule has 0 spiro atoms. The minimum absolute atomic E-state index is 0.00868. The fourth-order valence-electron chi connectivity index (χ4n) is 1.53. The van der Waals surface area contributed by atoms with Crippen LogP contribution in [0, 0.1) is 0 Å². The van der Waals surface area contributed by atoms with Gasteiger partial charge < -0.3 is 4.52 Å². The van der Waals surface area contributed by atoms with Gasteiger partial charge in [0, 0.05) is 10.8 Å². The van der Waals surface area contributed by atoms with Crippen LogP contribution in [0.2, 0.25) is 0 Å². The molecule has 0 aliphatic heterocycles. The molecule has 0 unspecified atom stereocenters. The normalized spacial score (nSPS) is 13.2. The largest absolute Gasteiger partial charge is 0.339 e. The smallest absolute Gasteiger partial charge is 0.232 e. The lowest BCUT2D eigenvalue weighted by molar-refractivity contribution is 0.290. The molecule has 3 heteroatoms. The summed E-state index contributed by atoms with van der Waals surface area (Å²) in [6, 6.07) is 0. The maximum absolute atomic E-state index is 5.35. The summed E-state index contributed by atoms with van der Waals surface area (Å²) in [5.74, 6) is 1.55. The third-order valence-corrected chi connectivity index (χ3v) is 2.55. The van der Waals surface area contributed by atoms with Crippen molar-refractivity contribution in [1.29, 1.82) is 0 Å². The van der Waals surface area contributed by atoms with Gasteiger partial charge in [0.05, 0.1) is 0 Å². The van der Waals surface area contributed by atoms with Crippen LogP contribution in [0.3, 0.4) is 0 Å². The van der Waals surface area contributed by atoms with Crippen LogP contribution >= 0.6 is 0 Å². The summed E-state index contributed by atoms with van der Waals surface area (Å²) in [7, 11) is 0. The van der Waals surface area contributed by atoms with E-state index < -0.39 is 0 Å². The summed E-state index contributed by atoms with van der Waals surface area (Å²) in [6.07, 6.45) is 2.19. The molecule has 0 fully saturated rings. The Kier molecular flexibility index (Phi) is 3.22. The number of hydrogen-bond acceptors (Lipinski definition) is 3. The summed E-state index contributed by atoms with van der Waals surface area (Å²) < 4.78 is 5.35. The highest BCUT2D eigenvalue weighted by atomic mass is 16.5. The molecule has 1 aromatic rings. The molecular formula is C12H22N2O. The second kappa shape index (κ2) is 3.95. The van der Waals surface area contributed by atoms with Crippen molar-refractivity contribution < 1.29 is 4.52 Å². The molecule has 3 nitrogen and oxygen atoms in total. The van der Waals surface area contributed by atoms with Crippen molar-refractivity contribution in [2.45, 2.75) is 65.2 Å². The summed E-state index contributed by atoms with van der Waals surface area (Å²) in [5, 5.41) is 4.05. The van der Waals surface area contributed by atoms with Gasteiger partial charge in [-0.05, 0) is 6.42 Å². The molecule has 0 N–H and O–H groups in total. The molecular weight excluding hydrogens is 188 g/mol. The molecule has 0 saturated carbocycles. The van der Waals surface area contributed by atoms with E-state index >= 15 is 0 Å². The van der Waals surface area contributed by atoms with Crippen LogP contribution in [0.1, 0.15) is 66.1 Å². The minimum Gasteiger partial charge on any atom is -0.339 e. The first-order chi connectivity index (χ1) is 6.77. The van der Waals surface area contributed by atoms with Gasteiger partial charge in [0.25, 0.3) is 0 Å². The first-order valence-corrected chi connectivity index (χ1v) is 5.62. The van der Waals surface area contributed by atoms with Crippen molar-refractivity contribution in [3.8, 4) is 0 Å². The molecule has 15 heavy (non-hydrogen) atoms. The van der Waals surface area contributed by atoms with Crippen LogP contribution in [-0.2, 0) is 10.8 Å². The average Bonchev–Trinajstić information content (AvgIpc) is 2.50. The molecule has 0 saturated heterocycles. The number of nitrogens with zero attached hydrogens (tertiary/aromatic N) is 2. The monoisotopic (exact) mass is 210 g/mol. The Labute approximate surface area is 92.3 Å². The Hall–Kier alpha value is -0.860. The zero-order chi connectivity index (χ0) is 11.7. The Bertz CT molecular complexity index is 321. The SMILES string of the molecule is CCCC(C)(C)c1nc(C(C)(C)C)no1. The van der Waals surface area contributed by atoms with E-state index in [1.165, 1.54) is 0 Å². The Balaban J connectivity index is 2.94. The van der Waals surface area contributed by atoms with Crippen LogP contribution in [0.5, 0.6) is 0 Å². The van der Waals surface area contributed by atoms with Crippen molar-refractivity contribution in [1.82, 2.24) is 10.1 Å². The first-order valence-electron chi connectivity index (χ1n) is 5.62. The van der Waals surface area contributed by atoms with Crippen LogP contribution in [-0.4, -0.2) is 10.1 Å². The highest BCUT2D eigenvalue weighted by Crippen LogP contribution is 2.28. The van der Waals surface area contributed by atoms with Crippen LogP contribution in [0.4, 0.5) is 0 Å². The average molecular weight is 210 g/mol. The lowest BCUT2D eigenvalue weighted by atomic mass is 9.88. The molecule has 1 aromatic heterocycles. The lowest BCUT2D eigenvalue weighted by Gasteiger charge is -2.18. The summed E-state index contributed by atoms with van der Waals surface area (Å²) in [6.45, 7) is 12.7. The van der Waals surface area contributed by atoms with Gasteiger partial charge in [-0.2, -0.15) is 4.98 Å². The highest BCUT2D eigenvalue weighted by Gasteiger charge is 2.29. The zero-order valence-electron chi connectivity index (χ0n) is 10.7. The third kappa shape index (κ3) is 2.80. The molecule has 0 bridgehead atoms. The fraction of sp³-hybridized carbons (Fsp3) is 0.833.